The summed E-state index contributed by atoms with van der Waals surface area (Å²) in [4.78, 5) is 12.0. The van der Waals surface area contributed by atoms with Crippen LogP contribution in [0.1, 0.15) is 36.1 Å². The zero-order chi connectivity index (χ0) is 18.6. The van der Waals surface area contributed by atoms with Crippen LogP contribution < -0.4 is 15.4 Å². The fourth-order valence-electron chi connectivity index (χ4n) is 4.23. The Labute approximate surface area is 161 Å². The summed E-state index contributed by atoms with van der Waals surface area (Å²) < 4.78 is 5.35. The number of likely N-dealkylation sites (tertiary alicyclic amines) is 1. The average Bonchev–Trinajstić information content (AvgIpc) is 3.16. The highest BCUT2D eigenvalue weighted by molar-refractivity contribution is 5.52. The third-order valence-corrected chi connectivity index (χ3v) is 5.55. The van der Waals surface area contributed by atoms with Gasteiger partial charge in [0.15, 0.2) is 0 Å². The molecule has 27 heavy (non-hydrogen) atoms. The van der Waals surface area contributed by atoms with Crippen molar-refractivity contribution >= 4 is 11.8 Å². The van der Waals surface area contributed by atoms with E-state index in [0.29, 0.717) is 6.04 Å². The predicted octanol–water partition coefficient (Wildman–Crippen LogP) is 3.09. The van der Waals surface area contributed by atoms with Crippen LogP contribution in [0.2, 0.25) is 0 Å². The molecule has 1 fully saturated rings. The fourth-order valence-corrected chi connectivity index (χ4v) is 4.23. The number of nitrogens with one attached hydrogen (secondary N) is 2. The zero-order valence-corrected chi connectivity index (χ0v) is 16.3. The molecule has 2 aliphatic rings. The molecule has 2 aromatic rings. The Morgan fingerprint density at radius 3 is 3.00 bits per heavy atom. The summed E-state index contributed by atoms with van der Waals surface area (Å²) in [5, 5.41) is 6.84. The Kier molecular flexibility index (Phi) is 5.43. The second-order valence-electron chi connectivity index (χ2n) is 7.49. The molecule has 0 unspecified atom stereocenters. The van der Waals surface area contributed by atoms with E-state index >= 15 is 0 Å². The number of aromatic nitrogens is 2. The van der Waals surface area contributed by atoms with Crippen LogP contribution in [0, 0.1) is 0 Å². The number of rotatable bonds is 6. The number of piperidine rings is 1. The van der Waals surface area contributed by atoms with Gasteiger partial charge in [-0.15, -0.1) is 0 Å². The molecule has 0 radical (unpaired) electrons. The molecule has 6 nitrogen and oxygen atoms in total. The molecule has 1 saturated heterocycles. The predicted molar refractivity (Wildman–Crippen MR) is 109 cm³/mol. The lowest BCUT2D eigenvalue weighted by molar-refractivity contribution is 0.208. The number of hydrogen-bond donors (Lipinski definition) is 2. The number of methoxy groups -OCH3 is 1. The van der Waals surface area contributed by atoms with Crippen LogP contribution in [-0.2, 0) is 19.4 Å². The van der Waals surface area contributed by atoms with Gasteiger partial charge in [-0.25, -0.2) is 4.98 Å². The molecule has 1 aromatic heterocycles. The minimum Gasteiger partial charge on any atom is -0.497 e. The molecule has 0 amide bonds. The fraction of sp³-hybridized carbons (Fsp3) is 0.524. The minimum absolute atomic E-state index is 0.383. The number of nitrogens with zero attached hydrogens (tertiary/aromatic N) is 3. The second kappa shape index (κ2) is 8.13. The Balaban J connectivity index is 1.41. The van der Waals surface area contributed by atoms with E-state index in [1.807, 2.05) is 13.1 Å². The SMILES string of the molecule is CNc1nc(N[C@H]2CCCN(Cc3cccc(OC)c3)C2)nc2c1CCC2. The van der Waals surface area contributed by atoms with E-state index in [1.54, 1.807) is 7.11 Å². The molecule has 0 spiro atoms. The van der Waals surface area contributed by atoms with Crippen LogP contribution >= 0.6 is 0 Å². The maximum atomic E-state index is 5.35. The first-order valence-electron chi connectivity index (χ1n) is 9.94. The van der Waals surface area contributed by atoms with Crippen LogP contribution in [0.5, 0.6) is 5.75 Å². The first-order chi connectivity index (χ1) is 13.2. The number of ether oxygens (including phenoxy) is 1. The van der Waals surface area contributed by atoms with E-state index in [9.17, 15) is 0 Å². The van der Waals surface area contributed by atoms with Gasteiger partial charge >= 0.3 is 0 Å². The first kappa shape index (κ1) is 18.0. The highest BCUT2D eigenvalue weighted by Gasteiger charge is 2.23. The van der Waals surface area contributed by atoms with Crippen molar-refractivity contribution in [1.29, 1.82) is 0 Å². The lowest BCUT2D eigenvalue weighted by Gasteiger charge is -2.33. The van der Waals surface area contributed by atoms with Gasteiger partial charge in [0.25, 0.3) is 0 Å². The standard InChI is InChI=1S/C21H29N5O/c1-22-20-18-9-4-10-19(18)24-21(25-20)23-16-7-5-11-26(14-16)13-15-6-3-8-17(12-15)27-2/h3,6,8,12,16H,4-5,7,9-11,13-14H2,1-2H3,(H2,22,23,24,25)/t16-/m0/s1. The number of benzene rings is 1. The van der Waals surface area contributed by atoms with Crippen LogP contribution in [0.15, 0.2) is 24.3 Å². The molecule has 2 N–H and O–H groups in total. The monoisotopic (exact) mass is 367 g/mol. The Hall–Kier alpha value is -2.34. The maximum Gasteiger partial charge on any atom is 0.225 e. The Morgan fingerprint density at radius 1 is 1.22 bits per heavy atom. The normalized spacial score (nSPS) is 19.6. The van der Waals surface area contributed by atoms with Gasteiger partial charge in [-0.1, -0.05) is 12.1 Å². The van der Waals surface area contributed by atoms with E-state index in [2.05, 4.69) is 33.7 Å². The van der Waals surface area contributed by atoms with Crippen molar-refractivity contribution in [3.8, 4) is 5.75 Å². The van der Waals surface area contributed by atoms with Crippen molar-refractivity contribution in [1.82, 2.24) is 14.9 Å². The van der Waals surface area contributed by atoms with Gasteiger partial charge in [-0.3, -0.25) is 4.90 Å². The topological polar surface area (TPSA) is 62.3 Å². The largest absolute Gasteiger partial charge is 0.497 e. The lowest BCUT2D eigenvalue weighted by atomic mass is 10.0. The van der Waals surface area contributed by atoms with Gasteiger partial charge in [-0.2, -0.15) is 4.98 Å². The number of anilines is 2. The molecular weight excluding hydrogens is 338 g/mol. The number of hydrogen-bond acceptors (Lipinski definition) is 6. The van der Waals surface area contributed by atoms with Gasteiger partial charge in [0.05, 0.1) is 12.8 Å². The summed E-state index contributed by atoms with van der Waals surface area (Å²) in [6, 6.07) is 8.73. The molecule has 4 rings (SSSR count). The van der Waals surface area contributed by atoms with Crippen LogP contribution in [0.3, 0.4) is 0 Å². The van der Waals surface area contributed by atoms with Gasteiger partial charge in [0.2, 0.25) is 5.95 Å². The van der Waals surface area contributed by atoms with Crippen molar-refractivity contribution in [3.63, 3.8) is 0 Å². The molecule has 0 saturated carbocycles. The maximum absolute atomic E-state index is 5.35. The summed E-state index contributed by atoms with van der Waals surface area (Å²) in [7, 11) is 3.66. The van der Waals surface area contributed by atoms with Crippen LogP contribution in [-0.4, -0.2) is 48.2 Å². The molecular formula is C21H29N5O. The van der Waals surface area contributed by atoms with Gasteiger partial charge in [-0.05, 0) is 56.3 Å². The van der Waals surface area contributed by atoms with E-state index in [4.69, 9.17) is 14.7 Å². The van der Waals surface area contributed by atoms with E-state index in [-0.39, 0.29) is 0 Å². The molecule has 1 aliphatic carbocycles. The van der Waals surface area contributed by atoms with Gasteiger partial charge in [0.1, 0.15) is 11.6 Å². The van der Waals surface area contributed by atoms with Crippen molar-refractivity contribution in [2.24, 2.45) is 0 Å². The quantitative estimate of drug-likeness (QED) is 0.818. The average molecular weight is 367 g/mol. The summed E-state index contributed by atoms with van der Waals surface area (Å²) in [6.07, 6.45) is 5.67. The summed E-state index contributed by atoms with van der Waals surface area (Å²) in [5.74, 6) is 2.68. The van der Waals surface area contributed by atoms with Gasteiger partial charge < -0.3 is 15.4 Å². The van der Waals surface area contributed by atoms with Crippen LogP contribution in [0.25, 0.3) is 0 Å². The summed E-state index contributed by atoms with van der Waals surface area (Å²) >= 11 is 0. The minimum atomic E-state index is 0.383. The Bertz CT molecular complexity index is 794. The van der Waals surface area contributed by atoms with Gasteiger partial charge in [0, 0.05) is 31.7 Å². The second-order valence-corrected chi connectivity index (χ2v) is 7.49. The van der Waals surface area contributed by atoms with E-state index in [1.165, 1.54) is 29.7 Å². The summed E-state index contributed by atoms with van der Waals surface area (Å²) in [5.41, 5.74) is 3.80. The highest BCUT2D eigenvalue weighted by Crippen LogP contribution is 2.28. The smallest absolute Gasteiger partial charge is 0.225 e. The number of aryl methyl sites for hydroxylation is 1. The first-order valence-corrected chi connectivity index (χ1v) is 9.94. The molecule has 1 aliphatic heterocycles. The third-order valence-electron chi connectivity index (χ3n) is 5.55. The molecule has 1 atom stereocenters. The van der Waals surface area contributed by atoms with Crippen molar-refractivity contribution < 1.29 is 4.74 Å². The number of fused-ring (bicyclic) bond motifs is 1. The highest BCUT2D eigenvalue weighted by atomic mass is 16.5. The third kappa shape index (κ3) is 4.16. The van der Waals surface area contributed by atoms with Crippen LogP contribution in [0.4, 0.5) is 11.8 Å². The summed E-state index contributed by atoms with van der Waals surface area (Å²) in [6.45, 7) is 3.08. The van der Waals surface area contributed by atoms with E-state index < -0.39 is 0 Å². The Morgan fingerprint density at radius 2 is 2.15 bits per heavy atom. The molecule has 6 heteroatoms. The lowest BCUT2D eigenvalue weighted by Crippen LogP contribution is -2.42. The molecule has 1 aromatic carbocycles. The van der Waals surface area contributed by atoms with Crippen molar-refractivity contribution in [3.05, 3.63) is 41.1 Å². The zero-order valence-electron chi connectivity index (χ0n) is 16.3. The van der Waals surface area contributed by atoms with Crippen molar-refractivity contribution in [2.75, 3.05) is 37.9 Å². The van der Waals surface area contributed by atoms with Crippen molar-refractivity contribution in [2.45, 2.75) is 44.7 Å². The molecule has 144 valence electrons. The molecule has 2 heterocycles. The van der Waals surface area contributed by atoms with E-state index in [0.717, 1.165) is 56.4 Å². The molecule has 0 bridgehead atoms.